The summed E-state index contributed by atoms with van der Waals surface area (Å²) in [7, 11) is 1.50. The lowest BCUT2D eigenvalue weighted by atomic mass is 10.2. The molecule has 1 aliphatic heterocycles. The van der Waals surface area contributed by atoms with Crippen LogP contribution in [0.5, 0.6) is 17.2 Å². The van der Waals surface area contributed by atoms with E-state index < -0.39 is 0 Å². The second-order valence-corrected chi connectivity index (χ2v) is 8.45. The number of carbonyl (C=O) groups is 2. The van der Waals surface area contributed by atoms with Crippen LogP contribution in [-0.2, 0) is 4.79 Å². The first-order valence-corrected chi connectivity index (χ1v) is 11.0. The summed E-state index contributed by atoms with van der Waals surface area (Å²) >= 11 is 10.1. The van der Waals surface area contributed by atoms with Crippen LogP contribution in [0.1, 0.15) is 5.56 Å². The van der Waals surface area contributed by atoms with Crippen LogP contribution in [0.2, 0.25) is 5.02 Å². The van der Waals surface area contributed by atoms with Crippen LogP contribution in [0.3, 0.4) is 0 Å². The second kappa shape index (κ2) is 10.6. The maximum Gasteiger partial charge on any atom is 0.293 e. The summed E-state index contributed by atoms with van der Waals surface area (Å²) in [5, 5.41) is 0.248. The summed E-state index contributed by atoms with van der Waals surface area (Å²) in [6.45, 7) is 0.398. The van der Waals surface area contributed by atoms with Gasteiger partial charge in [-0.15, -0.1) is 6.42 Å². The minimum atomic E-state index is -0.377. The fourth-order valence-corrected chi connectivity index (χ4v) is 4.27. The average molecular weight is 523 g/mol. The standard InChI is InChI=1S/C22H17BrClNO5S/c1-3-9-30-20-17(23)11-14(12-18(20)28-2)13-19-21(26)25(22(27)31-19)8-10-29-16-6-4-15(24)5-7-16/h1,4-7,11-13H,8-10H2,2H3/b19-13-. The molecule has 6 nitrogen and oxygen atoms in total. The van der Waals surface area contributed by atoms with Gasteiger partial charge in [0.05, 0.1) is 23.0 Å². The Balaban J connectivity index is 1.70. The van der Waals surface area contributed by atoms with Gasteiger partial charge in [0.25, 0.3) is 11.1 Å². The number of carbonyl (C=O) groups excluding carboxylic acids is 2. The first kappa shape index (κ1) is 23.1. The van der Waals surface area contributed by atoms with Crippen LogP contribution < -0.4 is 14.2 Å². The summed E-state index contributed by atoms with van der Waals surface area (Å²) in [6, 6.07) is 10.3. The number of thioether (sulfide) groups is 1. The van der Waals surface area contributed by atoms with Crippen LogP contribution >= 0.6 is 39.3 Å². The van der Waals surface area contributed by atoms with Gasteiger partial charge in [-0.1, -0.05) is 17.5 Å². The number of benzene rings is 2. The Bertz CT molecular complexity index is 1060. The van der Waals surface area contributed by atoms with Crippen molar-refractivity contribution in [2.75, 3.05) is 26.9 Å². The topological polar surface area (TPSA) is 65.1 Å². The zero-order chi connectivity index (χ0) is 22.4. The highest BCUT2D eigenvalue weighted by Crippen LogP contribution is 2.39. The highest BCUT2D eigenvalue weighted by atomic mass is 79.9. The van der Waals surface area contributed by atoms with Gasteiger partial charge in [0.1, 0.15) is 19.0 Å². The Kier molecular flexibility index (Phi) is 7.91. The lowest BCUT2D eigenvalue weighted by molar-refractivity contribution is -0.123. The average Bonchev–Trinajstić information content (AvgIpc) is 3.01. The smallest absolute Gasteiger partial charge is 0.293 e. The zero-order valence-electron chi connectivity index (χ0n) is 16.4. The van der Waals surface area contributed by atoms with E-state index in [2.05, 4.69) is 21.9 Å². The predicted molar refractivity (Wildman–Crippen MR) is 125 cm³/mol. The molecule has 2 amide bonds. The van der Waals surface area contributed by atoms with E-state index in [1.807, 2.05) is 0 Å². The van der Waals surface area contributed by atoms with Gasteiger partial charge in [0.2, 0.25) is 0 Å². The number of ether oxygens (including phenoxy) is 3. The molecule has 0 N–H and O–H groups in total. The maximum atomic E-state index is 12.7. The molecule has 2 aromatic rings. The molecule has 0 radical (unpaired) electrons. The quantitative estimate of drug-likeness (QED) is 0.349. The fourth-order valence-electron chi connectivity index (χ4n) is 2.71. The van der Waals surface area contributed by atoms with Crippen molar-refractivity contribution in [2.45, 2.75) is 0 Å². The van der Waals surface area contributed by atoms with E-state index in [4.69, 9.17) is 32.2 Å². The van der Waals surface area contributed by atoms with E-state index >= 15 is 0 Å². The summed E-state index contributed by atoms with van der Waals surface area (Å²) in [6.07, 6.45) is 6.87. The number of hydrogen-bond acceptors (Lipinski definition) is 6. The van der Waals surface area contributed by atoms with Crippen LogP contribution in [0, 0.1) is 12.3 Å². The van der Waals surface area contributed by atoms with Gasteiger partial charge in [-0.2, -0.15) is 0 Å². The number of terminal acetylenes is 1. The zero-order valence-corrected chi connectivity index (χ0v) is 19.6. The number of imide groups is 1. The molecule has 0 aromatic heterocycles. The van der Waals surface area contributed by atoms with Crippen molar-refractivity contribution in [3.8, 4) is 29.6 Å². The van der Waals surface area contributed by atoms with Gasteiger partial charge >= 0.3 is 0 Å². The predicted octanol–water partition coefficient (Wildman–Crippen LogP) is 5.24. The summed E-state index contributed by atoms with van der Waals surface area (Å²) < 4.78 is 17.0. The van der Waals surface area contributed by atoms with Gasteiger partial charge in [-0.05, 0) is 75.7 Å². The van der Waals surface area contributed by atoms with Gasteiger partial charge in [0, 0.05) is 5.02 Å². The molecule has 0 spiro atoms. The van der Waals surface area contributed by atoms with Crippen LogP contribution in [0.25, 0.3) is 6.08 Å². The first-order chi connectivity index (χ1) is 14.9. The van der Waals surface area contributed by atoms with Crippen molar-refractivity contribution in [3.05, 3.63) is 56.4 Å². The van der Waals surface area contributed by atoms with E-state index in [1.165, 1.54) is 7.11 Å². The monoisotopic (exact) mass is 521 g/mol. The Labute approximate surface area is 197 Å². The van der Waals surface area contributed by atoms with Crippen LogP contribution in [0.4, 0.5) is 4.79 Å². The Morgan fingerprint density at radius 1 is 1.23 bits per heavy atom. The Morgan fingerprint density at radius 2 is 1.97 bits per heavy atom. The molecule has 2 aromatic carbocycles. The van der Waals surface area contributed by atoms with E-state index in [0.29, 0.717) is 37.2 Å². The number of rotatable bonds is 8. The van der Waals surface area contributed by atoms with Gasteiger partial charge in [0.15, 0.2) is 11.5 Å². The van der Waals surface area contributed by atoms with E-state index in [0.717, 1.165) is 16.7 Å². The fraction of sp³-hybridized carbons (Fsp3) is 0.182. The summed E-state index contributed by atoms with van der Waals surface area (Å²) in [5.41, 5.74) is 0.666. The largest absolute Gasteiger partial charge is 0.493 e. The molecule has 160 valence electrons. The highest BCUT2D eigenvalue weighted by Gasteiger charge is 2.34. The third kappa shape index (κ3) is 5.76. The normalized spacial score (nSPS) is 14.6. The lowest BCUT2D eigenvalue weighted by Crippen LogP contribution is -2.32. The number of methoxy groups -OCH3 is 1. The maximum absolute atomic E-state index is 12.7. The van der Waals surface area contributed by atoms with Gasteiger partial charge in [-0.3, -0.25) is 14.5 Å². The Hall–Kier alpha value is -2.60. The number of amides is 2. The van der Waals surface area contributed by atoms with E-state index in [1.54, 1.807) is 42.5 Å². The molecule has 0 atom stereocenters. The third-order valence-electron chi connectivity index (χ3n) is 4.12. The lowest BCUT2D eigenvalue weighted by Gasteiger charge is -2.13. The molecular weight excluding hydrogens is 506 g/mol. The van der Waals surface area contributed by atoms with E-state index in [9.17, 15) is 9.59 Å². The molecule has 0 aliphatic carbocycles. The van der Waals surface area contributed by atoms with Crippen molar-refractivity contribution >= 4 is 56.5 Å². The second-order valence-electron chi connectivity index (χ2n) is 6.16. The first-order valence-electron chi connectivity index (χ1n) is 9.00. The molecule has 1 heterocycles. The van der Waals surface area contributed by atoms with Crippen molar-refractivity contribution in [2.24, 2.45) is 0 Å². The molecule has 0 unspecified atom stereocenters. The highest BCUT2D eigenvalue weighted by molar-refractivity contribution is 9.10. The van der Waals surface area contributed by atoms with Crippen LogP contribution in [-0.4, -0.2) is 42.9 Å². The molecule has 0 saturated carbocycles. The van der Waals surface area contributed by atoms with Gasteiger partial charge < -0.3 is 14.2 Å². The third-order valence-corrected chi connectivity index (χ3v) is 5.87. The molecule has 1 fully saturated rings. The summed E-state index contributed by atoms with van der Waals surface area (Å²) in [5.74, 6) is 3.54. The minimum absolute atomic E-state index is 0.0886. The summed E-state index contributed by atoms with van der Waals surface area (Å²) in [4.78, 5) is 26.5. The van der Waals surface area contributed by atoms with E-state index in [-0.39, 0.29) is 30.9 Å². The van der Waals surface area contributed by atoms with Crippen LogP contribution in [0.15, 0.2) is 45.8 Å². The molecule has 1 saturated heterocycles. The molecule has 1 aliphatic rings. The number of halogens is 2. The SMILES string of the molecule is C#CCOc1c(Br)cc(/C=C2\SC(=O)N(CCOc3ccc(Cl)cc3)C2=O)cc1OC. The van der Waals surface area contributed by atoms with Crippen molar-refractivity contribution in [1.29, 1.82) is 0 Å². The molecule has 9 heteroatoms. The number of nitrogens with zero attached hydrogens (tertiary/aromatic N) is 1. The Morgan fingerprint density at radius 3 is 2.65 bits per heavy atom. The molecule has 0 bridgehead atoms. The van der Waals surface area contributed by atoms with Crippen molar-refractivity contribution in [3.63, 3.8) is 0 Å². The minimum Gasteiger partial charge on any atom is -0.493 e. The van der Waals surface area contributed by atoms with Crippen molar-refractivity contribution < 1.29 is 23.8 Å². The number of hydrogen-bond donors (Lipinski definition) is 0. The molecular formula is C22H17BrClNO5S. The molecule has 31 heavy (non-hydrogen) atoms. The van der Waals surface area contributed by atoms with Crippen molar-refractivity contribution in [1.82, 2.24) is 4.90 Å². The van der Waals surface area contributed by atoms with Gasteiger partial charge in [-0.25, -0.2) is 0 Å². The molecule has 3 rings (SSSR count).